The summed E-state index contributed by atoms with van der Waals surface area (Å²) in [7, 11) is 0. The number of hydrogen-bond donors (Lipinski definition) is 1. The average molecular weight is 334 g/mol. The Balaban J connectivity index is 2.33. The first-order chi connectivity index (χ1) is 11.0. The van der Waals surface area contributed by atoms with Crippen molar-refractivity contribution in [2.24, 2.45) is 0 Å². The van der Waals surface area contributed by atoms with Crippen LogP contribution in [0.4, 0.5) is 5.69 Å². The molecule has 0 aliphatic carbocycles. The van der Waals surface area contributed by atoms with E-state index in [1.54, 1.807) is 11.8 Å². The molecular weight excluding hydrogens is 316 g/mol. The van der Waals surface area contributed by atoms with E-state index in [0.29, 0.717) is 30.0 Å². The van der Waals surface area contributed by atoms with E-state index in [9.17, 15) is 14.4 Å². The minimum Gasteiger partial charge on any atom is -0.477 e. The van der Waals surface area contributed by atoms with Crippen LogP contribution in [-0.2, 0) is 17.8 Å². The maximum absolute atomic E-state index is 12.6. The number of hydrogen-bond acceptors (Lipinski definition) is 4. The lowest BCUT2D eigenvalue weighted by Gasteiger charge is -2.21. The molecule has 1 heterocycles. The number of para-hydroxylation sites is 1. The van der Waals surface area contributed by atoms with E-state index in [4.69, 9.17) is 5.11 Å². The number of rotatable bonds is 6. The molecule has 1 N–H and O–H groups in total. The van der Waals surface area contributed by atoms with Gasteiger partial charge in [0.25, 0.3) is 0 Å². The van der Waals surface area contributed by atoms with Crippen LogP contribution in [0.3, 0.4) is 0 Å². The van der Waals surface area contributed by atoms with E-state index in [-0.39, 0.29) is 17.3 Å². The van der Waals surface area contributed by atoms with E-state index in [1.165, 1.54) is 4.57 Å². The quantitative estimate of drug-likeness (QED) is 0.878. The highest BCUT2D eigenvalue weighted by atomic mass is 32.1. The minimum absolute atomic E-state index is 0.00746. The number of carboxylic acid groups (broad SMARTS) is 1. The Bertz CT molecular complexity index is 764. The first kappa shape index (κ1) is 17.0. The molecule has 0 aliphatic heterocycles. The third-order valence-corrected chi connectivity index (χ3v) is 4.51. The summed E-state index contributed by atoms with van der Waals surface area (Å²) < 4.78 is 1.27. The Morgan fingerprint density at radius 2 is 1.87 bits per heavy atom. The Morgan fingerprint density at radius 3 is 2.39 bits per heavy atom. The van der Waals surface area contributed by atoms with Gasteiger partial charge in [0.15, 0.2) is 0 Å². The zero-order valence-corrected chi connectivity index (χ0v) is 13.8. The molecule has 0 atom stereocenters. The standard InChI is InChI=1S/C16H18N2O4S/c1-3-12-14(15(20)21)23-16(22)18(12)10-13(19)17(4-2)11-8-6-5-7-9-11/h5-9H,3-4,10H2,1-2H3,(H,20,21). The van der Waals surface area contributed by atoms with Crippen LogP contribution in [0.5, 0.6) is 0 Å². The molecule has 0 fully saturated rings. The number of carbonyl (C=O) groups excluding carboxylic acids is 1. The normalized spacial score (nSPS) is 10.5. The second kappa shape index (κ2) is 7.23. The van der Waals surface area contributed by atoms with E-state index < -0.39 is 10.8 Å². The molecule has 2 aromatic rings. The molecule has 7 heteroatoms. The highest BCUT2D eigenvalue weighted by molar-refractivity contribution is 7.11. The predicted molar refractivity (Wildman–Crippen MR) is 89.4 cm³/mol. The predicted octanol–water partition coefficient (Wildman–Crippen LogP) is 2.22. The summed E-state index contributed by atoms with van der Waals surface area (Å²) in [5, 5.41) is 9.16. The van der Waals surface area contributed by atoms with Crippen LogP contribution in [0.25, 0.3) is 0 Å². The summed E-state index contributed by atoms with van der Waals surface area (Å²) in [5.41, 5.74) is 1.14. The second-order valence-corrected chi connectivity index (χ2v) is 5.82. The third kappa shape index (κ3) is 3.50. The van der Waals surface area contributed by atoms with Crippen LogP contribution in [0.2, 0.25) is 0 Å². The van der Waals surface area contributed by atoms with Crippen LogP contribution in [0.1, 0.15) is 29.2 Å². The van der Waals surface area contributed by atoms with Gasteiger partial charge in [-0.1, -0.05) is 36.5 Å². The molecular formula is C16H18N2O4S. The fraction of sp³-hybridized carbons (Fsp3) is 0.312. The number of benzene rings is 1. The molecule has 122 valence electrons. The van der Waals surface area contributed by atoms with Gasteiger partial charge in [0.1, 0.15) is 11.4 Å². The number of nitrogens with zero attached hydrogens (tertiary/aromatic N) is 2. The van der Waals surface area contributed by atoms with E-state index >= 15 is 0 Å². The zero-order valence-electron chi connectivity index (χ0n) is 13.0. The largest absolute Gasteiger partial charge is 0.477 e. The average Bonchev–Trinajstić information content (AvgIpc) is 2.85. The number of anilines is 1. The van der Waals surface area contributed by atoms with Gasteiger partial charge in [0.2, 0.25) is 5.91 Å². The molecule has 0 bridgehead atoms. The summed E-state index contributed by atoms with van der Waals surface area (Å²) in [6, 6.07) is 9.17. The molecule has 0 unspecified atom stereocenters. The molecule has 0 saturated heterocycles. The zero-order chi connectivity index (χ0) is 17.0. The number of aromatic nitrogens is 1. The molecule has 1 aromatic carbocycles. The van der Waals surface area contributed by atoms with Crippen molar-refractivity contribution in [3.63, 3.8) is 0 Å². The lowest BCUT2D eigenvalue weighted by molar-refractivity contribution is -0.119. The van der Waals surface area contributed by atoms with Crippen molar-refractivity contribution in [3.05, 3.63) is 50.6 Å². The fourth-order valence-corrected chi connectivity index (χ4v) is 3.36. The van der Waals surface area contributed by atoms with Crippen molar-refractivity contribution in [2.45, 2.75) is 26.8 Å². The molecule has 0 aliphatic rings. The number of likely N-dealkylation sites (N-methyl/N-ethyl adjacent to an activating group) is 1. The smallest absolute Gasteiger partial charge is 0.347 e. The Kier molecular flexibility index (Phi) is 5.33. The van der Waals surface area contributed by atoms with Crippen LogP contribution in [0.15, 0.2) is 35.1 Å². The SMILES string of the molecule is CCc1c(C(=O)O)sc(=O)n1CC(=O)N(CC)c1ccccc1. The number of carboxylic acids is 1. The number of aromatic carboxylic acids is 1. The third-order valence-electron chi connectivity index (χ3n) is 3.51. The van der Waals surface area contributed by atoms with Crippen molar-refractivity contribution in [2.75, 3.05) is 11.4 Å². The fourth-order valence-electron chi connectivity index (χ4n) is 2.44. The van der Waals surface area contributed by atoms with E-state index in [0.717, 1.165) is 5.69 Å². The van der Waals surface area contributed by atoms with Crippen molar-refractivity contribution in [1.29, 1.82) is 0 Å². The molecule has 1 aromatic heterocycles. The van der Waals surface area contributed by atoms with Gasteiger partial charge < -0.3 is 10.0 Å². The number of amides is 1. The maximum Gasteiger partial charge on any atom is 0.347 e. The minimum atomic E-state index is -1.13. The topological polar surface area (TPSA) is 79.6 Å². The molecule has 2 rings (SSSR count). The Morgan fingerprint density at radius 1 is 1.22 bits per heavy atom. The van der Waals surface area contributed by atoms with Gasteiger partial charge >= 0.3 is 10.8 Å². The van der Waals surface area contributed by atoms with Gasteiger partial charge in [-0.25, -0.2) is 4.79 Å². The van der Waals surface area contributed by atoms with Crippen LogP contribution in [0, 0.1) is 0 Å². The first-order valence-corrected chi connectivity index (χ1v) is 8.12. The van der Waals surface area contributed by atoms with Crippen LogP contribution < -0.4 is 9.77 Å². The Hall–Kier alpha value is -2.41. The van der Waals surface area contributed by atoms with Gasteiger partial charge in [0, 0.05) is 17.9 Å². The first-order valence-electron chi connectivity index (χ1n) is 7.30. The molecule has 0 spiro atoms. The number of thiazole rings is 1. The van der Waals surface area contributed by atoms with Crippen molar-refractivity contribution < 1.29 is 14.7 Å². The van der Waals surface area contributed by atoms with Gasteiger partial charge in [-0.3, -0.25) is 14.2 Å². The maximum atomic E-state index is 12.6. The molecule has 1 amide bonds. The Labute approximate surface area is 137 Å². The highest BCUT2D eigenvalue weighted by Crippen LogP contribution is 2.16. The van der Waals surface area contributed by atoms with Crippen molar-refractivity contribution >= 4 is 28.9 Å². The molecule has 23 heavy (non-hydrogen) atoms. The summed E-state index contributed by atoms with van der Waals surface area (Å²) in [6.45, 7) is 3.93. The van der Waals surface area contributed by atoms with Gasteiger partial charge in [0.05, 0.1) is 0 Å². The van der Waals surface area contributed by atoms with Gasteiger partial charge in [-0.2, -0.15) is 0 Å². The highest BCUT2D eigenvalue weighted by Gasteiger charge is 2.22. The van der Waals surface area contributed by atoms with Crippen molar-refractivity contribution in [3.8, 4) is 0 Å². The number of carbonyl (C=O) groups is 2. The van der Waals surface area contributed by atoms with E-state index in [2.05, 4.69) is 0 Å². The monoisotopic (exact) mass is 334 g/mol. The van der Waals surface area contributed by atoms with E-state index in [1.807, 2.05) is 37.3 Å². The van der Waals surface area contributed by atoms with Gasteiger partial charge in [-0.15, -0.1) is 0 Å². The summed E-state index contributed by atoms with van der Waals surface area (Å²) in [6.07, 6.45) is 0.380. The molecule has 0 radical (unpaired) electrons. The molecule has 0 saturated carbocycles. The molecule has 6 nitrogen and oxygen atoms in total. The summed E-state index contributed by atoms with van der Waals surface area (Å²) in [5.74, 6) is -1.38. The van der Waals surface area contributed by atoms with Crippen molar-refractivity contribution in [1.82, 2.24) is 4.57 Å². The lowest BCUT2D eigenvalue weighted by atomic mass is 10.2. The second-order valence-electron chi connectivity index (χ2n) is 4.86. The van der Waals surface area contributed by atoms with Crippen LogP contribution >= 0.6 is 11.3 Å². The summed E-state index contributed by atoms with van der Waals surface area (Å²) in [4.78, 5) is 37.0. The summed E-state index contributed by atoms with van der Waals surface area (Å²) >= 11 is 0.668. The lowest BCUT2D eigenvalue weighted by Crippen LogP contribution is -2.36. The van der Waals surface area contributed by atoms with Crippen LogP contribution in [-0.4, -0.2) is 28.1 Å². The van der Waals surface area contributed by atoms with Gasteiger partial charge in [-0.05, 0) is 25.5 Å².